The largest absolute Gasteiger partial charge is 0.350 e. The second kappa shape index (κ2) is 4.38. The van der Waals surface area contributed by atoms with Crippen molar-refractivity contribution in [2.24, 2.45) is 0 Å². The first-order valence-electron chi connectivity index (χ1n) is 4.47. The van der Waals surface area contributed by atoms with Crippen LogP contribution in [0.5, 0.6) is 0 Å². The number of anilines is 1. The molecule has 0 aliphatic rings. The van der Waals surface area contributed by atoms with Crippen molar-refractivity contribution >= 4 is 22.9 Å². The molecular formula is C11H15NS. The molecule has 0 aliphatic heterocycles. The fourth-order valence-electron chi connectivity index (χ4n) is 1.30. The molecule has 0 bridgehead atoms. The van der Waals surface area contributed by atoms with Crippen LogP contribution in [0.1, 0.15) is 32.3 Å². The van der Waals surface area contributed by atoms with E-state index >= 15 is 0 Å². The van der Waals surface area contributed by atoms with Gasteiger partial charge in [0.2, 0.25) is 0 Å². The smallest absolute Gasteiger partial charge is 0.0765 e. The van der Waals surface area contributed by atoms with Gasteiger partial charge in [-0.1, -0.05) is 44.3 Å². The van der Waals surface area contributed by atoms with E-state index in [4.69, 9.17) is 12.2 Å². The number of para-hydroxylation sites is 1. The summed E-state index contributed by atoms with van der Waals surface area (Å²) in [5.41, 5.74) is 2.44. The van der Waals surface area contributed by atoms with Gasteiger partial charge in [0, 0.05) is 5.69 Å². The molecule has 13 heavy (non-hydrogen) atoms. The molecule has 1 aromatic rings. The zero-order valence-corrected chi connectivity index (χ0v) is 9.11. The Morgan fingerprint density at radius 2 is 1.92 bits per heavy atom. The SMILES string of the molecule is CC(=S)Nc1ccccc1C(C)C. The summed E-state index contributed by atoms with van der Waals surface area (Å²) in [7, 11) is 0. The second-order valence-corrected chi connectivity index (χ2v) is 4.04. The van der Waals surface area contributed by atoms with Crippen molar-refractivity contribution in [1.29, 1.82) is 0 Å². The lowest BCUT2D eigenvalue weighted by Crippen LogP contribution is -2.06. The standard InChI is InChI=1S/C11H15NS/c1-8(2)10-6-4-5-7-11(10)12-9(3)13/h4-8H,1-3H3,(H,12,13). The minimum absolute atomic E-state index is 0.526. The van der Waals surface area contributed by atoms with Crippen LogP contribution in [0.2, 0.25) is 0 Å². The minimum Gasteiger partial charge on any atom is -0.350 e. The van der Waals surface area contributed by atoms with E-state index in [-0.39, 0.29) is 0 Å². The third-order valence-electron chi connectivity index (χ3n) is 1.89. The molecule has 0 aromatic heterocycles. The number of benzene rings is 1. The molecule has 0 aliphatic carbocycles. The van der Waals surface area contributed by atoms with Crippen LogP contribution in [0.4, 0.5) is 5.69 Å². The molecule has 0 radical (unpaired) electrons. The van der Waals surface area contributed by atoms with Gasteiger partial charge in [-0.15, -0.1) is 0 Å². The summed E-state index contributed by atoms with van der Waals surface area (Å²) in [5.74, 6) is 0.526. The first-order valence-corrected chi connectivity index (χ1v) is 4.88. The van der Waals surface area contributed by atoms with E-state index < -0.39 is 0 Å². The van der Waals surface area contributed by atoms with Gasteiger partial charge in [-0.2, -0.15) is 0 Å². The summed E-state index contributed by atoms with van der Waals surface area (Å²) < 4.78 is 0. The van der Waals surface area contributed by atoms with E-state index in [2.05, 4.69) is 37.4 Å². The third-order valence-corrected chi connectivity index (χ3v) is 2.00. The Balaban J connectivity index is 2.97. The van der Waals surface area contributed by atoms with Gasteiger partial charge in [-0.05, 0) is 24.5 Å². The Bertz CT molecular complexity index is 305. The monoisotopic (exact) mass is 193 g/mol. The van der Waals surface area contributed by atoms with Crippen LogP contribution in [0.3, 0.4) is 0 Å². The van der Waals surface area contributed by atoms with Gasteiger partial charge < -0.3 is 5.32 Å². The molecule has 2 heteroatoms. The van der Waals surface area contributed by atoms with Gasteiger partial charge in [0.1, 0.15) is 0 Å². The summed E-state index contributed by atoms with van der Waals surface area (Å²) in [4.78, 5) is 0.813. The van der Waals surface area contributed by atoms with Gasteiger partial charge in [0.15, 0.2) is 0 Å². The molecular weight excluding hydrogens is 178 g/mol. The van der Waals surface area contributed by atoms with Gasteiger partial charge in [0.05, 0.1) is 4.99 Å². The van der Waals surface area contributed by atoms with Crippen LogP contribution < -0.4 is 5.32 Å². The Hall–Kier alpha value is -0.890. The first kappa shape index (κ1) is 10.2. The zero-order chi connectivity index (χ0) is 9.84. The molecule has 1 aromatic carbocycles. The van der Waals surface area contributed by atoms with Crippen LogP contribution in [-0.2, 0) is 0 Å². The Morgan fingerprint density at radius 3 is 2.46 bits per heavy atom. The van der Waals surface area contributed by atoms with E-state index in [9.17, 15) is 0 Å². The molecule has 0 spiro atoms. The average molecular weight is 193 g/mol. The fourth-order valence-corrected chi connectivity index (χ4v) is 1.41. The average Bonchev–Trinajstić information content (AvgIpc) is 2.03. The Labute approximate surface area is 85.2 Å². The van der Waals surface area contributed by atoms with Gasteiger partial charge >= 0.3 is 0 Å². The number of rotatable bonds is 2. The number of hydrogen-bond donors (Lipinski definition) is 1. The van der Waals surface area contributed by atoms with Gasteiger partial charge in [-0.3, -0.25) is 0 Å². The number of thiocarbonyl (C=S) groups is 1. The highest BCUT2D eigenvalue weighted by Gasteiger charge is 2.04. The summed E-state index contributed by atoms with van der Waals surface area (Å²) in [6, 6.07) is 8.27. The first-order chi connectivity index (χ1) is 6.11. The minimum atomic E-state index is 0.526. The molecule has 1 rings (SSSR count). The topological polar surface area (TPSA) is 12.0 Å². The van der Waals surface area contributed by atoms with E-state index in [0.717, 1.165) is 10.7 Å². The summed E-state index contributed by atoms with van der Waals surface area (Å²) in [5, 5.41) is 3.19. The van der Waals surface area contributed by atoms with Crippen LogP contribution in [0, 0.1) is 0 Å². The maximum atomic E-state index is 5.01. The number of nitrogens with one attached hydrogen (secondary N) is 1. The summed E-state index contributed by atoms with van der Waals surface area (Å²) in [6.07, 6.45) is 0. The van der Waals surface area contributed by atoms with E-state index in [1.54, 1.807) is 0 Å². The Kier molecular flexibility index (Phi) is 3.43. The highest BCUT2D eigenvalue weighted by Crippen LogP contribution is 2.23. The van der Waals surface area contributed by atoms with Crippen molar-refractivity contribution < 1.29 is 0 Å². The molecule has 70 valence electrons. The zero-order valence-electron chi connectivity index (χ0n) is 8.29. The van der Waals surface area contributed by atoms with Crippen molar-refractivity contribution in [3.05, 3.63) is 29.8 Å². The summed E-state index contributed by atoms with van der Waals surface area (Å²) in [6.45, 7) is 6.25. The van der Waals surface area contributed by atoms with Crippen LogP contribution in [-0.4, -0.2) is 4.99 Å². The van der Waals surface area contributed by atoms with E-state index in [1.807, 2.05) is 13.0 Å². The molecule has 1 N–H and O–H groups in total. The lowest BCUT2D eigenvalue weighted by Gasteiger charge is -2.13. The predicted molar refractivity (Wildman–Crippen MR) is 62.4 cm³/mol. The molecule has 0 atom stereocenters. The van der Waals surface area contributed by atoms with E-state index in [1.165, 1.54) is 5.56 Å². The molecule has 0 heterocycles. The highest BCUT2D eigenvalue weighted by atomic mass is 32.1. The maximum absolute atomic E-state index is 5.01. The van der Waals surface area contributed by atoms with Gasteiger partial charge in [0.25, 0.3) is 0 Å². The molecule has 0 fully saturated rings. The Morgan fingerprint density at radius 1 is 1.31 bits per heavy atom. The highest BCUT2D eigenvalue weighted by molar-refractivity contribution is 7.80. The lowest BCUT2D eigenvalue weighted by atomic mass is 10.0. The molecule has 1 nitrogen and oxygen atoms in total. The lowest BCUT2D eigenvalue weighted by molar-refractivity contribution is 0.869. The maximum Gasteiger partial charge on any atom is 0.0765 e. The van der Waals surface area contributed by atoms with Crippen LogP contribution in [0.15, 0.2) is 24.3 Å². The normalized spacial score (nSPS) is 10.2. The third kappa shape index (κ3) is 2.81. The van der Waals surface area contributed by atoms with Crippen molar-refractivity contribution in [2.45, 2.75) is 26.7 Å². The molecule has 0 unspecified atom stereocenters. The van der Waals surface area contributed by atoms with Crippen LogP contribution in [0.25, 0.3) is 0 Å². The molecule has 0 saturated carbocycles. The van der Waals surface area contributed by atoms with Crippen molar-refractivity contribution in [3.8, 4) is 0 Å². The van der Waals surface area contributed by atoms with Crippen molar-refractivity contribution in [1.82, 2.24) is 0 Å². The summed E-state index contributed by atoms with van der Waals surface area (Å²) >= 11 is 5.01. The van der Waals surface area contributed by atoms with E-state index in [0.29, 0.717) is 5.92 Å². The van der Waals surface area contributed by atoms with Crippen LogP contribution >= 0.6 is 12.2 Å². The van der Waals surface area contributed by atoms with Crippen molar-refractivity contribution in [2.75, 3.05) is 5.32 Å². The quantitative estimate of drug-likeness (QED) is 0.721. The predicted octanol–water partition coefficient (Wildman–Crippen LogP) is 3.57. The molecule has 0 saturated heterocycles. The van der Waals surface area contributed by atoms with Gasteiger partial charge in [-0.25, -0.2) is 0 Å². The fraction of sp³-hybridized carbons (Fsp3) is 0.364. The molecule has 0 amide bonds. The number of hydrogen-bond acceptors (Lipinski definition) is 1. The second-order valence-electron chi connectivity index (χ2n) is 3.42. The van der Waals surface area contributed by atoms with Crippen molar-refractivity contribution in [3.63, 3.8) is 0 Å².